The maximum absolute atomic E-state index is 14.6. The summed E-state index contributed by atoms with van der Waals surface area (Å²) in [6, 6.07) is 48.4. The molecule has 1 unspecified atom stereocenters. The summed E-state index contributed by atoms with van der Waals surface area (Å²) in [4.78, 5) is 0. The molecule has 0 aromatic heterocycles. The molecular weight excluding hydrogens is 771 g/mol. The van der Waals surface area contributed by atoms with Gasteiger partial charge in [-0.3, -0.25) is 0 Å². The minimum atomic E-state index is -0.228. The van der Waals surface area contributed by atoms with Crippen LogP contribution < -0.4 is 0 Å². The molecule has 0 radical (unpaired) electrons. The van der Waals surface area contributed by atoms with Gasteiger partial charge < -0.3 is 0 Å². The van der Waals surface area contributed by atoms with Gasteiger partial charge in [-0.25, -0.2) is 8.78 Å². The summed E-state index contributed by atoms with van der Waals surface area (Å²) in [6.45, 7) is 4.60. The lowest BCUT2D eigenvalue weighted by molar-refractivity contribution is 0.396. The number of halogens is 2. The van der Waals surface area contributed by atoms with Gasteiger partial charge in [0.15, 0.2) is 0 Å². The SMILES string of the molecule is CCCCCCCCCCC1(CCCCCCC(CCC)c2cc(-c3ccc(F)cc3)c3c(c2-c2ccc(F)cc2)-c2cccc4cccc-3c24)c2ccccc2-c2ccccc21. The zero-order valence-corrected chi connectivity index (χ0v) is 37.6. The monoisotopic (exact) mass is 834 g/mol. The molecule has 7 aromatic rings. The van der Waals surface area contributed by atoms with E-state index in [-0.39, 0.29) is 17.0 Å². The van der Waals surface area contributed by atoms with E-state index in [1.54, 1.807) is 35.4 Å². The van der Waals surface area contributed by atoms with Gasteiger partial charge in [-0.1, -0.05) is 207 Å². The standard InChI is InChI=1S/C61H64F2/c1-3-5-6-7-8-9-11-18-40-61(55-30-16-14-26-49(55)50-27-15-17-31-56(50)61)41-19-12-10-13-23-43(22-4-2)53-42-54(44-32-36-47(62)37-33-44)59-51-28-20-24-45-25-21-29-52(57(45)51)60(59)58(53)46-34-38-48(63)39-35-46/h14-17,20-21,24-39,42-43H,3-13,18-19,22-23,40-41H2,1-2H3. The summed E-state index contributed by atoms with van der Waals surface area (Å²) >= 11 is 0. The minimum Gasteiger partial charge on any atom is -0.207 e. The van der Waals surface area contributed by atoms with Crippen molar-refractivity contribution in [2.75, 3.05) is 0 Å². The average molecular weight is 835 g/mol. The van der Waals surface area contributed by atoms with Crippen molar-refractivity contribution in [3.05, 3.63) is 168 Å². The maximum Gasteiger partial charge on any atom is 0.123 e. The average Bonchev–Trinajstić information content (AvgIpc) is 3.79. The van der Waals surface area contributed by atoms with Crippen molar-refractivity contribution in [1.82, 2.24) is 0 Å². The predicted molar refractivity (Wildman–Crippen MR) is 264 cm³/mol. The number of fused-ring (bicyclic) bond motifs is 6. The Bertz CT molecular complexity index is 2600. The lowest BCUT2D eigenvalue weighted by Gasteiger charge is -2.33. The Hall–Kier alpha value is -5.34. The molecule has 1 atom stereocenters. The van der Waals surface area contributed by atoms with Crippen LogP contribution in [0.4, 0.5) is 8.78 Å². The molecule has 0 heterocycles. The quantitative estimate of drug-likeness (QED) is 0.0633. The van der Waals surface area contributed by atoms with E-state index in [1.807, 2.05) is 24.3 Å². The van der Waals surface area contributed by atoms with Crippen molar-refractivity contribution >= 4 is 10.8 Å². The molecule has 0 aliphatic heterocycles. The van der Waals surface area contributed by atoms with Crippen LogP contribution in [0.2, 0.25) is 0 Å². The zero-order valence-electron chi connectivity index (χ0n) is 37.6. The van der Waals surface area contributed by atoms with Crippen LogP contribution >= 0.6 is 0 Å². The molecule has 0 saturated carbocycles. The molecule has 0 bridgehead atoms. The molecule has 0 spiro atoms. The van der Waals surface area contributed by atoms with E-state index in [4.69, 9.17) is 0 Å². The third-order valence-corrected chi connectivity index (χ3v) is 14.7. The molecule has 322 valence electrons. The maximum atomic E-state index is 14.6. The van der Waals surface area contributed by atoms with Crippen LogP contribution in [-0.2, 0) is 5.41 Å². The van der Waals surface area contributed by atoms with Crippen LogP contribution in [0.15, 0.2) is 140 Å². The third-order valence-electron chi connectivity index (χ3n) is 14.7. The molecule has 9 rings (SSSR count). The molecule has 0 N–H and O–H groups in total. The second-order valence-corrected chi connectivity index (χ2v) is 18.7. The summed E-state index contributed by atoms with van der Waals surface area (Å²) in [5, 5.41) is 2.48. The van der Waals surface area contributed by atoms with Crippen LogP contribution in [0.3, 0.4) is 0 Å². The lowest BCUT2D eigenvalue weighted by Crippen LogP contribution is -2.25. The minimum absolute atomic E-state index is 0.0891. The summed E-state index contributed by atoms with van der Waals surface area (Å²) in [5.74, 6) is -0.128. The molecule has 63 heavy (non-hydrogen) atoms. The first kappa shape index (κ1) is 42.9. The van der Waals surface area contributed by atoms with Gasteiger partial charge in [0.25, 0.3) is 0 Å². The highest BCUT2D eigenvalue weighted by Gasteiger charge is 2.41. The van der Waals surface area contributed by atoms with Crippen LogP contribution in [-0.4, -0.2) is 0 Å². The molecular formula is C61H64F2. The largest absolute Gasteiger partial charge is 0.207 e. The van der Waals surface area contributed by atoms with Crippen LogP contribution in [0.5, 0.6) is 0 Å². The Kier molecular flexibility index (Phi) is 13.4. The zero-order chi connectivity index (χ0) is 43.2. The van der Waals surface area contributed by atoms with E-state index in [0.29, 0.717) is 5.92 Å². The topological polar surface area (TPSA) is 0 Å². The molecule has 0 nitrogen and oxygen atoms in total. The lowest BCUT2D eigenvalue weighted by atomic mass is 9.70. The number of hydrogen-bond donors (Lipinski definition) is 0. The van der Waals surface area contributed by atoms with E-state index in [1.165, 1.54) is 139 Å². The molecule has 0 saturated heterocycles. The van der Waals surface area contributed by atoms with E-state index in [9.17, 15) is 8.78 Å². The van der Waals surface area contributed by atoms with Gasteiger partial charge >= 0.3 is 0 Å². The van der Waals surface area contributed by atoms with Crippen LogP contribution in [0.1, 0.15) is 146 Å². The number of rotatable bonds is 21. The molecule has 2 aliphatic rings. The fourth-order valence-electron chi connectivity index (χ4n) is 11.7. The highest BCUT2D eigenvalue weighted by Crippen LogP contribution is 2.58. The molecule has 2 heteroatoms. The van der Waals surface area contributed by atoms with Gasteiger partial charge in [-0.15, -0.1) is 0 Å². The van der Waals surface area contributed by atoms with Gasteiger partial charge in [0.2, 0.25) is 0 Å². The fraction of sp³-hybridized carbons (Fsp3) is 0.344. The highest BCUT2D eigenvalue weighted by atomic mass is 19.1. The Morgan fingerprint density at radius 1 is 0.413 bits per heavy atom. The first-order valence-electron chi connectivity index (χ1n) is 24.5. The van der Waals surface area contributed by atoms with Gasteiger partial charge in [0.1, 0.15) is 11.6 Å². The van der Waals surface area contributed by atoms with Gasteiger partial charge in [0.05, 0.1) is 0 Å². The second-order valence-electron chi connectivity index (χ2n) is 18.7. The van der Waals surface area contributed by atoms with Crippen molar-refractivity contribution < 1.29 is 8.78 Å². The summed E-state index contributed by atoms with van der Waals surface area (Å²) < 4.78 is 29.1. The Morgan fingerprint density at radius 3 is 1.51 bits per heavy atom. The first-order valence-corrected chi connectivity index (χ1v) is 24.5. The van der Waals surface area contributed by atoms with E-state index in [0.717, 1.165) is 42.4 Å². The van der Waals surface area contributed by atoms with E-state index >= 15 is 0 Å². The van der Waals surface area contributed by atoms with Gasteiger partial charge in [-0.05, 0) is 145 Å². The first-order chi connectivity index (χ1) is 31.0. The fourth-order valence-corrected chi connectivity index (χ4v) is 11.7. The van der Waals surface area contributed by atoms with E-state index < -0.39 is 0 Å². The van der Waals surface area contributed by atoms with Gasteiger partial charge in [0, 0.05) is 5.41 Å². The Labute approximate surface area is 375 Å². The van der Waals surface area contributed by atoms with Crippen molar-refractivity contribution in [2.45, 2.75) is 134 Å². The third kappa shape index (κ3) is 8.56. The predicted octanol–water partition coefficient (Wildman–Crippen LogP) is 18.8. The summed E-state index contributed by atoms with van der Waals surface area (Å²) in [6.07, 6.45) is 21.2. The normalized spacial score (nSPS) is 13.6. The number of unbranched alkanes of at least 4 members (excludes halogenated alkanes) is 10. The van der Waals surface area contributed by atoms with Crippen molar-refractivity contribution in [3.8, 4) is 55.6 Å². The van der Waals surface area contributed by atoms with Crippen molar-refractivity contribution in [3.63, 3.8) is 0 Å². The van der Waals surface area contributed by atoms with Crippen molar-refractivity contribution in [1.29, 1.82) is 0 Å². The Balaban J connectivity index is 0.991. The van der Waals surface area contributed by atoms with E-state index in [2.05, 4.69) is 105 Å². The van der Waals surface area contributed by atoms with Gasteiger partial charge in [-0.2, -0.15) is 0 Å². The molecule has 0 amide bonds. The Morgan fingerprint density at radius 2 is 0.921 bits per heavy atom. The van der Waals surface area contributed by atoms with Crippen LogP contribution in [0.25, 0.3) is 66.4 Å². The summed E-state index contributed by atoms with van der Waals surface area (Å²) in [7, 11) is 0. The van der Waals surface area contributed by atoms with Crippen molar-refractivity contribution in [2.24, 2.45) is 0 Å². The summed E-state index contributed by atoms with van der Waals surface area (Å²) in [5.41, 5.74) is 16.7. The second kappa shape index (κ2) is 19.6. The molecule has 7 aromatic carbocycles. The highest BCUT2D eigenvalue weighted by molar-refractivity contribution is 6.21. The van der Waals surface area contributed by atoms with Crippen LogP contribution in [0, 0.1) is 11.6 Å². The molecule has 0 fully saturated rings. The number of benzene rings is 7. The smallest absolute Gasteiger partial charge is 0.123 e. The molecule has 2 aliphatic carbocycles. The number of hydrogen-bond acceptors (Lipinski definition) is 0.